The minimum atomic E-state index is -0.442. The molecule has 0 saturated carbocycles. The van der Waals surface area contributed by atoms with Gasteiger partial charge in [-0.15, -0.1) is 0 Å². The van der Waals surface area contributed by atoms with Gasteiger partial charge in [-0.3, -0.25) is 4.79 Å². The van der Waals surface area contributed by atoms with E-state index in [-0.39, 0.29) is 5.91 Å². The molecule has 1 aromatic heterocycles. The number of ether oxygens (including phenoxy) is 1. The lowest BCUT2D eigenvalue weighted by molar-refractivity contribution is 0.0599. The van der Waals surface area contributed by atoms with Crippen molar-refractivity contribution in [1.29, 1.82) is 0 Å². The number of methoxy groups -OCH3 is 1. The van der Waals surface area contributed by atoms with Crippen molar-refractivity contribution in [3.05, 3.63) is 52.8 Å². The Labute approximate surface area is 123 Å². The van der Waals surface area contributed by atoms with Crippen LogP contribution in [-0.4, -0.2) is 31.0 Å². The smallest absolute Gasteiger partial charge is 0.339 e. The summed E-state index contributed by atoms with van der Waals surface area (Å²) in [4.78, 5) is 28.9. The molecule has 0 saturated heterocycles. The van der Waals surface area contributed by atoms with Gasteiger partial charge in [-0.25, -0.2) is 4.79 Å². The normalized spacial score (nSPS) is 10.3. The van der Waals surface area contributed by atoms with Crippen molar-refractivity contribution in [2.45, 2.75) is 13.8 Å². The molecule has 2 rings (SSSR count). The summed E-state index contributed by atoms with van der Waals surface area (Å²) < 4.78 is 4.75. The largest absolute Gasteiger partial charge is 0.465 e. The van der Waals surface area contributed by atoms with Gasteiger partial charge in [0.15, 0.2) is 0 Å². The first-order valence-corrected chi connectivity index (χ1v) is 6.58. The number of nitrogens with zero attached hydrogens (tertiary/aromatic N) is 1. The van der Waals surface area contributed by atoms with Crippen LogP contribution in [0.25, 0.3) is 0 Å². The van der Waals surface area contributed by atoms with E-state index in [2.05, 4.69) is 4.98 Å². The highest BCUT2D eigenvalue weighted by atomic mass is 16.5. The van der Waals surface area contributed by atoms with Gasteiger partial charge in [0.2, 0.25) is 0 Å². The molecule has 1 heterocycles. The van der Waals surface area contributed by atoms with Gasteiger partial charge in [0.1, 0.15) is 5.69 Å². The number of hydrogen-bond acceptors (Lipinski definition) is 3. The third-order valence-electron chi connectivity index (χ3n) is 3.49. The third kappa shape index (κ3) is 2.67. The standard InChI is InChI=1S/C16H18N2O3/c1-10-13(16(20)21-4)11(2)17-14(10)15(19)18(3)12-8-6-5-7-9-12/h5-9,17H,1-4H3. The zero-order chi connectivity index (χ0) is 15.6. The number of benzene rings is 1. The summed E-state index contributed by atoms with van der Waals surface area (Å²) in [6.45, 7) is 3.49. The minimum absolute atomic E-state index is 0.197. The van der Waals surface area contributed by atoms with Crippen LogP contribution in [0.2, 0.25) is 0 Å². The van der Waals surface area contributed by atoms with Gasteiger partial charge in [0, 0.05) is 18.4 Å². The molecule has 0 atom stereocenters. The highest BCUT2D eigenvalue weighted by molar-refractivity contribution is 6.07. The average Bonchev–Trinajstić information content (AvgIpc) is 2.80. The van der Waals surface area contributed by atoms with Gasteiger partial charge in [0.25, 0.3) is 5.91 Å². The molecule has 0 unspecified atom stereocenters. The van der Waals surface area contributed by atoms with Crippen LogP contribution in [0.5, 0.6) is 0 Å². The SMILES string of the molecule is COC(=O)c1c(C)[nH]c(C(=O)N(C)c2ccccc2)c1C. The first kappa shape index (κ1) is 14.8. The second-order valence-corrected chi connectivity index (χ2v) is 4.82. The van der Waals surface area contributed by atoms with Crippen LogP contribution in [0, 0.1) is 13.8 Å². The topological polar surface area (TPSA) is 62.4 Å². The second-order valence-electron chi connectivity index (χ2n) is 4.82. The molecule has 2 aromatic rings. The van der Waals surface area contributed by atoms with E-state index in [0.29, 0.717) is 22.5 Å². The van der Waals surface area contributed by atoms with Crippen molar-refractivity contribution in [1.82, 2.24) is 4.98 Å². The van der Waals surface area contributed by atoms with E-state index in [9.17, 15) is 9.59 Å². The number of esters is 1. The van der Waals surface area contributed by atoms with Gasteiger partial charge in [-0.05, 0) is 31.5 Å². The van der Waals surface area contributed by atoms with E-state index in [0.717, 1.165) is 5.69 Å². The molecular weight excluding hydrogens is 268 g/mol. The molecule has 0 aliphatic heterocycles. The fourth-order valence-corrected chi connectivity index (χ4v) is 2.31. The quantitative estimate of drug-likeness (QED) is 0.882. The van der Waals surface area contributed by atoms with Crippen molar-refractivity contribution in [3.8, 4) is 0 Å². The number of carbonyl (C=O) groups excluding carboxylic acids is 2. The fourth-order valence-electron chi connectivity index (χ4n) is 2.31. The lowest BCUT2D eigenvalue weighted by Gasteiger charge is -2.17. The molecule has 110 valence electrons. The van der Waals surface area contributed by atoms with Gasteiger partial charge in [-0.1, -0.05) is 18.2 Å². The summed E-state index contributed by atoms with van der Waals surface area (Å²) in [5, 5.41) is 0. The maximum absolute atomic E-state index is 12.6. The number of para-hydroxylation sites is 1. The molecule has 0 radical (unpaired) electrons. The van der Waals surface area contributed by atoms with Crippen LogP contribution < -0.4 is 4.90 Å². The zero-order valence-corrected chi connectivity index (χ0v) is 12.6. The molecular formula is C16H18N2O3. The number of aromatic nitrogens is 1. The molecule has 5 nitrogen and oxygen atoms in total. The van der Waals surface area contributed by atoms with E-state index in [4.69, 9.17) is 4.74 Å². The van der Waals surface area contributed by atoms with Crippen molar-refractivity contribution in [3.63, 3.8) is 0 Å². The molecule has 0 spiro atoms. The fraction of sp³-hybridized carbons (Fsp3) is 0.250. The first-order valence-electron chi connectivity index (χ1n) is 6.58. The average molecular weight is 286 g/mol. The van der Waals surface area contributed by atoms with Crippen molar-refractivity contribution >= 4 is 17.6 Å². The van der Waals surface area contributed by atoms with Crippen LogP contribution in [0.15, 0.2) is 30.3 Å². The Morgan fingerprint density at radius 1 is 1.14 bits per heavy atom. The number of rotatable bonds is 3. The second kappa shape index (κ2) is 5.83. The van der Waals surface area contributed by atoms with Crippen LogP contribution in [0.3, 0.4) is 0 Å². The maximum Gasteiger partial charge on any atom is 0.339 e. The molecule has 0 bridgehead atoms. The minimum Gasteiger partial charge on any atom is -0.465 e. The number of H-pyrrole nitrogens is 1. The lowest BCUT2D eigenvalue weighted by atomic mass is 10.1. The lowest BCUT2D eigenvalue weighted by Crippen LogP contribution is -2.27. The Kier molecular flexibility index (Phi) is 4.12. The highest BCUT2D eigenvalue weighted by Crippen LogP contribution is 2.22. The number of aryl methyl sites for hydroxylation is 1. The zero-order valence-electron chi connectivity index (χ0n) is 12.6. The number of hydrogen-bond donors (Lipinski definition) is 1. The van der Waals surface area contributed by atoms with Crippen molar-refractivity contribution in [2.24, 2.45) is 0 Å². The van der Waals surface area contributed by atoms with Crippen LogP contribution in [0.1, 0.15) is 32.1 Å². The van der Waals surface area contributed by atoms with Gasteiger partial charge in [0.05, 0.1) is 12.7 Å². The summed E-state index contributed by atoms with van der Waals surface area (Å²) in [7, 11) is 3.02. The number of carbonyl (C=O) groups is 2. The maximum atomic E-state index is 12.6. The Hall–Kier alpha value is -2.56. The predicted octanol–water partition coefficient (Wildman–Crippen LogP) is 2.69. The molecule has 0 aliphatic rings. The van der Waals surface area contributed by atoms with E-state index < -0.39 is 5.97 Å². The van der Waals surface area contributed by atoms with Crippen molar-refractivity contribution in [2.75, 3.05) is 19.1 Å². The van der Waals surface area contributed by atoms with Gasteiger partial charge < -0.3 is 14.6 Å². The number of aromatic amines is 1. The number of nitrogens with one attached hydrogen (secondary N) is 1. The molecule has 1 N–H and O–H groups in total. The predicted molar refractivity (Wildman–Crippen MR) is 80.8 cm³/mol. The highest BCUT2D eigenvalue weighted by Gasteiger charge is 2.24. The summed E-state index contributed by atoms with van der Waals surface area (Å²) in [6.07, 6.45) is 0. The number of anilines is 1. The summed E-state index contributed by atoms with van der Waals surface area (Å²) in [5.74, 6) is -0.639. The Morgan fingerprint density at radius 3 is 2.33 bits per heavy atom. The summed E-state index contributed by atoms with van der Waals surface area (Å²) in [5.41, 5.74) is 2.84. The molecule has 1 amide bonds. The van der Waals surface area contributed by atoms with Crippen LogP contribution in [-0.2, 0) is 4.74 Å². The summed E-state index contributed by atoms with van der Waals surface area (Å²) >= 11 is 0. The Bertz CT molecular complexity index is 674. The van der Waals surface area contributed by atoms with E-state index in [1.54, 1.807) is 25.8 Å². The van der Waals surface area contributed by atoms with Crippen LogP contribution >= 0.6 is 0 Å². The Balaban J connectivity index is 2.39. The molecule has 21 heavy (non-hydrogen) atoms. The third-order valence-corrected chi connectivity index (χ3v) is 3.49. The first-order chi connectivity index (χ1) is 9.97. The van der Waals surface area contributed by atoms with Crippen molar-refractivity contribution < 1.29 is 14.3 Å². The van der Waals surface area contributed by atoms with Gasteiger partial charge in [-0.2, -0.15) is 0 Å². The molecule has 5 heteroatoms. The van der Waals surface area contributed by atoms with E-state index in [1.807, 2.05) is 30.3 Å². The van der Waals surface area contributed by atoms with E-state index >= 15 is 0 Å². The van der Waals surface area contributed by atoms with Crippen LogP contribution in [0.4, 0.5) is 5.69 Å². The van der Waals surface area contributed by atoms with Gasteiger partial charge >= 0.3 is 5.97 Å². The number of amides is 1. The monoisotopic (exact) mass is 286 g/mol. The Morgan fingerprint density at radius 2 is 1.76 bits per heavy atom. The van der Waals surface area contributed by atoms with E-state index in [1.165, 1.54) is 7.11 Å². The molecule has 0 fully saturated rings. The molecule has 0 aliphatic carbocycles. The molecule has 1 aromatic carbocycles. The summed E-state index contributed by atoms with van der Waals surface area (Å²) in [6, 6.07) is 9.33.